The zero-order valence-electron chi connectivity index (χ0n) is 11.9. The highest BCUT2D eigenvalue weighted by atomic mass is 32.2. The highest BCUT2D eigenvalue weighted by Gasteiger charge is 2.21. The van der Waals surface area contributed by atoms with Crippen molar-refractivity contribution in [2.45, 2.75) is 31.7 Å². The molecule has 2 rings (SSSR count). The highest BCUT2D eigenvalue weighted by Crippen LogP contribution is 2.15. The van der Waals surface area contributed by atoms with Crippen molar-refractivity contribution in [1.82, 2.24) is 25.4 Å². The smallest absolute Gasteiger partial charge is 0.250 e. The molecule has 0 aliphatic carbocycles. The molecule has 1 aromatic rings. The summed E-state index contributed by atoms with van der Waals surface area (Å²) < 4.78 is 7.44. The molecule has 8 heteroatoms. The molecule has 7 nitrogen and oxygen atoms in total. The molecule has 0 aromatic carbocycles. The molecule has 1 fully saturated rings. The van der Waals surface area contributed by atoms with Crippen LogP contribution in [0.4, 0.5) is 0 Å². The topological polar surface area (TPSA) is 81.1 Å². The van der Waals surface area contributed by atoms with Gasteiger partial charge in [-0.3, -0.25) is 4.79 Å². The third-order valence-corrected chi connectivity index (χ3v) is 4.04. The second kappa shape index (κ2) is 7.61. The Hall–Kier alpha value is -1.12. The van der Waals surface area contributed by atoms with Crippen molar-refractivity contribution in [3.63, 3.8) is 0 Å². The number of thioether (sulfide) groups is 1. The Labute approximate surface area is 122 Å². The second-order valence-electron chi connectivity index (χ2n) is 4.48. The molecule has 0 unspecified atom stereocenters. The van der Waals surface area contributed by atoms with Gasteiger partial charge in [-0.25, -0.2) is 0 Å². The van der Waals surface area contributed by atoms with Gasteiger partial charge in [-0.2, -0.15) is 0 Å². The zero-order chi connectivity index (χ0) is 14.4. The second-order valence-corrected chi connectivity index (χ2v) is 5.54. The minimum absolute atomic E-state index is 0.0501. The number of amides is 1. The normalized spacial score (nSPS) is 19.0. The molecule has 2 heterocycles. The fourth-order valence-electron chi connectivity index (χ4n) is 2.00. The van der Waals surface area contributed by atoms with Crippen molar-refractivity contribution in [3.8, 4) is 0 Å². The van der Waals surface area contributed by atoms with E-state index >= 15 is 0 Å². The number of aromatic nitrogens is 3. The predicted molar refractivity (Wildman–Crippen MR) is 76.8 cm³/mol. The summed E-state index contributed by atoms with van der Waals surface area (Å²) in [6, 6.07) is 0. The first-order chi connectivity index (χ1) is 9.72. The number of rotatable bonds is 6. The number of hydrogen-bond donors (Lipinski definition) is 2. The van der Waals surface area contributed by atoms with Crippen LogP contribution in [0, 0.1) is 6.92 Å². The Morgan fingerprint density at radius 2 is 2.45 bits per heavy atom. The SMILES string of the molecule is CCn1c(C)nnc1SCCNC(=O)[C@@H]1CNCCO1. The summed E-state index contributed by atoms with van der Waals surface area (Å²) in [7, 11) is 0. The van der Waals surface area contributed by atoms with Crippen LogP contribution < -0.4 is 10.6 Å². The van der Waals surface area contributed by atoms with E-state index in [1.54, 1.807) is 11.8 Å². The average molecular weight is 299 g/mol. The maximum absolute atomic E-state index is 11.8. The van der Waals surface area contributed by atoms with Gasteiger partial charge in [0, 0.05) is 31.9 Å². The summed E-state index contributed by atoms with van der Waals surface area (Å²) in [6.45, 7) is 7.44. The molecule has 1 saturated heterocycles. The van der Waals surface area contributed by atoms with Crippen LogP contribution in [0.3, 0.4) is 0 Å². The van der Waals surface area contributed by atoms with Gasteiger partial charge in [0.2, 0.25) is 5.91 Å². The Morgan fingerprint density at radius 1 is 1.60 bits per heavy atom. The van der Waals surface area contributed by atoms with Crippen LogP contribution in [0.5, 0.6) is 0 Å². The summed E-state index contributed by atoms with van der Waals surface area (Å²) in [6.07, 6.45) is -0.365. The quantitative estimate of drug-likeness (QED) is 0.559. The van der Waals surface area contributed by atoms with Crippen LogP contribution in [0.25, 0.3) is 0 Å². The first kappa shape index (κ1) is 15.3. The van der Waals surface area contributed by atoms with E-state index in [2.05, 4.69) is 32.3 Å². The number of nitrogens with zero attached hydrogens (tertiary/aromatic N) is 3. The molecule has 0 saturated carbocycles. The molecule has 20 heavy (non-hydrogen) atoms. The Bertz CT molecular complexity index is 445. The number of carbonyl (C=O) groups excluding carboxylic acids is 1. The summed E-state index contributed by atoms with van der Waals surface area (Å²) in [5.74, 6) is 1.64. The molecule has 1 atom stereocenters. The van der Waals surface area contributed by atoms with Gasteiger partial charge in [-0.15, -0.1) is 10.2 Å². The number of morpholine rings is 1. The molecular formula is C12H21N5O2S. The van der Waals surface area contributed by atoms with E-state index in [9.17, 15) is 4.79 Å². The van der Waals surface area contributed by atoms with Gasteiger partial charge in [0.15, 0.2) is 5.16 Å². The summed E-state index contributed by atoms with van der Waals surface area (Å²) in [4.78, 5) is 11.8. The first-order valence-corrected chi connectivity index (χ1v) is 7.83. The van der Waals surface area contributed by atoms with Crippen molar-refractivity contribution in [2.75, 3.05) is 32.0 Å². The third kappa shape index (κ3) is 3.94. The minimum atomic E-state index is -0.365. The van der Waals surface area contributed by atoms with Crippen LogP contribution >= 0.6 is 11.8 Å². The van der Waals surface area contributed by atoms with E-state index in [1.165, 1.54) is 0 Å². The molecule has 1 amide bonds. The van der Waals surface area contributed by atoms with Crippen molar-refractivity contribution in [1.29, 1.82) is 0 Å². The fourth-order valence-corrected chi connectivity index (χ4v) is 2.90. The fraction of sp³-hybridized carbons (Fsp3) is 0.750. The van der Waals surface area contributed by atoms with Gasteiger partial charge in [0.1, 0.15) is 11.9 Å². The van der Waals surface area contributed by atoms with E-state index < -0.39 is 0 Å². The maximum atomic E-state index is 11.8. The lowest BCUT2D eigenvalue weighted by Crippen LogP contribution is -2.48. The number of aryl methyl sites for hydroxylation is 1. The van der Waals surface area contributed by atoms with Crippen LogP contribution in [0.1, 0.15) is 12.7 Å². The summed E-state index contributed by atoms with van der Waals surface area (Å²) >= 11 is 1.60. The van der Waals surface area contributed by atoms with E-state index in [0.717, 1.165) is 29.8 Å². The van der Waals surface area contributed by atoms with Crippen LogP contribution in [-0.4, -0.2) is 58.8 Å². The largest absolute Gasteiger partial charge is 0.366 e. The molecule has 112 valence electrons. The lowest BCUT2D eigenvalue weighted by Gasteiger charge is -2.22. The van der Waals surface area contributed by atoms with E-state index in [0.29, 0.717) is 19.7 Å². The van der Waals surface area contributed by atoms with Crippen molar-refractivity contribution in [3.05, 3.63) is 5.82 Å². The molecule has 1 aromatic heterocycles. The monoisotopic (exact) mass is 299 g/mol. The average Bonchev–Trinajstić information content (AvgIpc) is 2.84. The van der Waals surface area contributed by atoms with Crippen LogP contribution in [0.2, 0.25) is 0 Å². The van der Waals surface area contributed by atoms with E-state index in [-0.39, 0.29) is 12.0 Å². The van der Waals surface area contributed by atoms with E-state index in [4.69, 9.17) is 4.74 Å². The molecular weight excluding hydrogens is 278 g/mol. The Morgan fingerprint density at radius 3 is 3.15 bits per heavy atom. The molecule has 2 N–H and O–H groups in total. The van der Waals surface area contributed by atoms with E-state index in [1.807, 2.05) is 6.92 Å². The van der Waals surface area contributed by atoms with Gasteiger partial charge in [0.25, 0.3) is 0 Å². The van der Waals surface area contributed by atoms with Crippen molar-refractivity contribution < 1.29 is 9.53 Å². The lowest BCUT2D eigenvalue weighted by atomic mass is 10.3. The number of hydrogen-bond acceptors (Lipinski definition) is 6. The zero-order valence-corrected chi connectivity index (χ0v) is 12.7. The van der Waals surface area contributed by atoms with Crippen LogP contribution in [-0.2, 0) is 16.1 Å². The summed E-state index contributed by atoms with van der Waals surface area (Å²) in [5, 5.41) is 15.1. The van der Waals surface area contributed by atoms with Gasteiger partial charge in [0.05, 0.1) is 6.61 Å². The summed E-state index contributed by atoms with van der Waals surface area (Å²) in [5.41, 5.74) is 0. The molecule has 0 radical (unpaired) electrons. The molecule has 0 bridgehead atoms. The number of carbonyl (C=O) groups is 1. The Kier molecular flexibility index (Phi) is 5.81. The molecule has 1 aliphatic heterocycles. The van der Waals surface area contributed by atoms with Gasteiger partial charge in [-0.1, -0.05) is 11.8 Å². The predicted octanol–water partition coefficient (Wildman–Crippen LogP) is -0.197. The third-order valence-electron chi connectivity index (χ3n) is 3.07. The minimum Gasteiger partial charge on any atom is -0.366 e. The van der Waals surface area contributed by atoms with Crippen molar-refractivity contribution in [2.24, 2.45) is 0 Å². The van der Waals surface area contributed by atoms with Gasteiger partial charge in [-0.05, 0) is 13.8 Å². The standard InChI is InChI=1S/C12H21N5O2S/c1-3-17-9(2)15-16-12(17)20-7-5-14-11(18)10-8-13-4-6-19-10/h10,13H,3-8H2,1-2H3,(H,14,18)/t10-/m0/s1. The highest BCUT2D eigenvalue weighted by molar-refractivity contribution is 7.99. The molecule has 1 aliphatic rings. The van der Waals surface area contributed by atoms with Crippen molar-refractivity contribution >= 4 is 17.7 Å². The Balaban J connectivity index is 1.69. The van der Waals surface area contributed by atoms with Gasteiger partial charge < -0.3 is 19.9 Å². The maximum Gasteiger partial charge on any atom is 0.250 e. The lowest BCUT2D eigenvalue weighted by molar-refractivity contribution is -0.134. The first-order valence-electron chi connectivity index (χ1n) is 6.85. The van der Waals surface area contributed by atoms with Gasteiger partial charge >= 0.3 is 0 Å². The number of ether oxygens (including phenoxy) is 1. The van der Waals surface area contributed by atoms with Crippen LogP contribution in [0.15, 0.2) is 5.16 Å². The number of nitrogens with one attached hydrogen (secondary N) is 2. The molecule has 0 spiro atoms.